The van der Waals surface area contributed by atoms with Crippen molar-refractivity contribution in [3.63, 3.8) is 0 Å². The second-order valence-electron chi connectivity index (χ2n) is 4.14. The second-order valence-corrected chi connectivity index (χ2v) is 5.36. The highest BCUT2D eigenvalue weighted by Crippen LogP contribution is 2.28. The van der Waals surface area contributed by atoms with E-state index in [4.69, 9.17) is 11.6 Å². The van der Waals surface area contributed by atoms with Crippen LogP contribution in [0.15, 0.2) is 22.7 Å². The van der Waals surface area contributed by atoms with Crippen LogP contribution in [0.1, 0.15) is 17.0 Å². The maximum atomic E-state index is 6.05. The fourth-order valence-electron chi connectivity index (χ4n) is 1.57. The highest BCUT2D eigenvalue weighted by Gasteiger charge is 2.09. The van der Waals surface area contributed by atoms with Crippen LogP contribution in [0.5, 0.6) is 0 Å². The Labute approximate surface area is 120 Å². The molecule has 2 rings (SSSR count). The van der Waals surface area contributed by atoms with E-state index < -0.39 is 0 Å². The Balaban J connectivity index is 2.40. The van der Waals surface area contributed by atoms with Crippen LogP contribution < -0.4 is 5.32 Å². The zero-order valence-electron chi connectivity index (χ0n) is 10.4. The topological polar surface area (TPSA) is 37.8 Å². The third-order valence-corrected chi connectivity index (χ3v) is 3.60. The van der Waals surface area contributed by atoms with Gasteiger partial charge in [-0.1, -0.05) is 17.7 Å². The van der Waals surface area contributed by atoms with Crippen LogP contribution >= 0.6 is 27.5 Å². The van der Waals surface area contributed by atoms with Crippen molar-refractivity contribution < 1.29 is 0 Å². The number of aryl methyl sites for hydroxylation is 2. The molecule has 2 aromatic rings. The number of nitrogens with one attached hydrogen (secondary N) is 1. The summed E-state index contributed by atoms with van der Waals surface area (Å²) in [6, 6.07) is 6.09. The summed E-state index contributed by atoms with van der Waals surface area (Å²) in [4.78, 5) is 8.48. The van der Waals surface area contributed by atoms with Crippen molar-refractivity contribution in [2.45, 2.75) is 20.8 Å². The second kappa shape index (κ2) is 5.24. The summed E-state index contributed by atoms with van der Waals surface area (Å²) >= 11 is 9.57. The number of aromatic nitrogens is 2. The summed E-state index contributed by atoms with van der Waals surface area (Å²) in [7, 11) is 0. The summed E-state index contributed by atoms with van der Waals surface area (Å²) in [5.74, 6) is 1.38. The molecular formula is C13H13BrClN3. The molecule has 0 aliphatic carbocycles. The van der Waals surface area contributed by atoms with Crippen molar-refractivity contribution in [3.8, 4) is 0 Å². The Hall–Kier alpha value is -1.13. The van der Waals surface area contributed by atoms with E-state index in [-0.39, 0.29) is 0 Å². The lowest BCUT2D eigenvalue weighted by Gasteiger charge is -2.12. The quantitative estimate of drug-likeness (QED) is 0.822. The Bertz CT molecular complexity index is 599. The van der Waals surface area contributed by atoms with Crippen LogP contribution in [0.25, 0.3) is 0 Å². The molecule has 0 spiro atoms. The van der Waals surface area contributed by atoms with Crippen LogP contribution in [0, 0.1) is 20.8 Å². The van der Waals surface area contributed by atoms with Gasteiger partial charge in [0.1, 0.15) is 16.8 Å². The average Bonchev–Trinajstić information content (AvgIpc) is 2.29. The maximum absolute atomic E-state index is 6.05. The lowest BCUT2D eigenvalue weighted by Crippen LogP contribution is -2.01. The van der Waals surface area contributed by atoms with E-state index >= 15 is 0 Å². The summed E-state index contributed by atoms with van der Waals surface area (Å²) in [6.45, 7) is 5.76. The monoisotopic (exact) mass is 325 g/mol. The number of anilines is 2. The molecule has 0 aliphatic rings. The molecule has 1 heterocycles. The van der Waals surface area contributed by atoms with E-state index in [1.54, 1.807) is 0 Å². The molecule has 0 saturated carbocycles. The first kappa shape index (κ1) is 13.3. The van der Waals surface area contributed by atoms with Crippen LogP contribution in [0.2, 0.25) is 5.15 Å². The van der Waals surface area contributed by atoms with Crippen molar-refractivity contribution in [1.29, 1.82) is 0 Å². The molecular weight excluding hydrogens is 314 g/mol. The van der Waals surface area contributed by atoms with Gasteiger partial charge in [0.05, 0.1) is 5.69 Å². The van der Waals surface area contributed by atoms with Gasteiger partial charge in [-0.05, 0) is 54.4 Å². The lowest BCUT2D eigenvalue weighted by molar-refractivity contribution is 1.04. The van der Waals surface area contributed by atoms with Gasteiger partial charge < -0.3 is 5.32 Å². The van der Waals surface area contributed by atoms with Crippen molar-refractivity contribution in [2.75, 3.05) is 5.32 Å². The van der Waals surface area contributed by atoms with Gasteiger partial charge in [-0.2, -0.15) is 0 Å². The molecule has 94 valence electrons. The number of rotatable bonds is 2. The highest BCUT2D eigenvalue weighted by atomic mass is 79.9. The normalized spacial score (nSPS) is 10.5. The molecule has 5 heteroatoms. The van der Waals surface area contributed by atoms with Gasteiger partial charge in [0.2, 0.25) is 0 Å². The fraction of sp³-hybridized carbons (Fsp3) is 0.231. The molecule has 0 aliphatic heterocycles. The predicted molar refractivity (Wildman–Crippen MR) is 78.7 cm³/mol. The van der Waals surface area contributed by atoms with Crippen LogP contribution in [0.3, 0.4) is 0 Å². The SMILES string of the molecule is Cc1ccc(Nc2nc(C)nc(Cl)c2C)c(Br)c1. The molecule has 0 radical (unpaired) electrons. The third-order valence-electron chi connectivity index (χ3n) is 2.58. The first-order valence-corrected chi connectivity index (χ1v) is 6.68. The molecule has 1 N–H and O–H groups in total. The number of benzene rings is 1. The predicted octanol–water partition coefficient (Wildman–Crippen LogP) is 4.56. The minimum absolute atomic E-state index is 0.480. The van der Waals surface area contributed by atoms with Gasteiger partial charge in [-0.3, -0.25) is 0 Å². The van der Waals surface area contributed by atoms with Gasteiger partial charge in [0.25, 0.3) is 0 Å². The minimum atomic E-state index is 0.480. The van der Waals surface area contributed by atoms with Crippen molar-refractivity contribution in [1.82, 2.24) is 9.97 Å². The number of hydrogen-bond donors (Lipinski definition) is 1. The zero-order valence-corrected chi connectivity index (χ0v) is 12.7. The average molecular weight is 327 g/mol. The molecule has 0 atom stereocenters. The minimum Gasteiger partial charge on any atom is -0.339 e. The summed E-state index contributed by atoms with van der Waals surface area (Å²) < 4.78 is 0.995. The number of hydrogen-bond acceptors (Lipinski definition) is 3. The standard InChI is InChI=1S/C13H13BrClN3/c1-7-4-5-11(10(14)6-7)18-13-8(2)12(15)16-9(3)17-13/h4-6H,1-3H3,(H,16,17,18). The first-order chi connectivity index (χ1) is 8.47. The van der Waals surface area contributed by atoms with E-state index in [2.05, 4.69) is 31.2 Å². The van der Waals surface area contributed by atoms with Gasteiger partial charge in [0, 0.05) is 10.0 Å². The molecule has 0 saturated heterocycles. The fourth-order valence-corrected chi connectivity index (χ4v) is 2.37. The Morgan fingerprint density at radius 3 is 2.56 bits per heavy atom. The Kier molecular flexibility index (Phi) is 3.88. The molecule has 0 amide bonds. The van der Waals surface area contributed by atoms with Gasteiger partial charge in [-0.15, -0.1) is 0 Å². The van der Waals surface area contributed by atoms with E-state index in [1.165, 1.54) is 5.56 Å². The molecule has 18 heavy (non-hydrogen) atoms. The summed E-state index contributed by atoms with van der Waals surface area (Å²) in [6.07, 6.45) is 0. The molecule has 3 nitrogen and oxygen atoms in total. The molecule has 1 aromatic heterocycles. The van der Waals surface area contributed by atoms with E-state index in [0.717, 1.165) is 21.5 Å². The van der Waals surface area contributed by atoms with Crippen molar-refractivity contribution in [2.24, 2.45) is 0 Å². The first-order valence-electron chi connectivity index (χ1n) is 5.51. The van der Waals surface area contributed by atoms with E-state index in [9.17, 15) is 0 Å². The van der Waals surface area contributed by atoms with Crippen LogP contribution in [-0.4, -0.2) is 9.97 Å². The van der Waals surface area contributed by atoms with Gasteiger partial charge in [-0.25, -0.2) is 9.97 Å². The summed E-state index contributed by atoms with van der Waals surface area (Å²) in [5.41, 5.74) is 2.99. The zero-order chi connectivity index (χ0) is 13.3. The summed E-state index contributed by atoms with van der Waals surface area (Å²) in [5, 5.41) is 3.75. The molecule has 0 fully saturated rings. The molecule has 0 unspecified atom stereocenters. The largest absolute Gasteiger partial charge is 0.339 e. The van der Waals surface area contributed by atoms with E-state index in [0.29, 0.717) is 11.0 Å². The number of nitrogens with zero attached hydrogens (tertiary/aromatic N) is 2. The highest BCUT2D eigenvalue weighted by molar-refractivity contribution is 9.10. The van der Waals surface area contributed by atoms with Crippen molar-refractivity contribution >= 4 is 39.0 Å². The van der Waals surface area contributed by atoms with Gasteiger partial charge in [0.15, 0.2) is 0 Å². The molecule has 1 aromatic carbocycles. The van der Waals surface area contributed by atoms with Crippen LogP contribution in [0.4, 0.5) is 11.5 Å². The smallest absolute Gasteiger partial charge is 0.138 e. The van der Waals surface area contributed by atoms with Crippen LogP contribution in [-0.2, 0) is 0 Å². The van der Waals surface area contributed by atoms with Crippen molar-refractivity contribution in [3.05, 3.63) is 44.8 Å². The third kappa shape index (κ3) is 2.82. The van der Waals surface area contributed by atoms with Gasteiger partial charge >= 0.3 is 0 Å². The maximum Gasteiger partial charge on any atom is 0.138 e. The Morgan fingerprint density at radius 2 is 1.89 bits per heavy atom. The van der Waals surface area contributed by atoms with E-state index in [1.807, 2.05) is 39.0 Å². The number of halogens is 2. The molecule has 0 bridgehead atoms. The lowest BCUT2D eigenvalue weighted by atomic mass is 10.2. The Morgan fingerprint density at radius 1 is 1.17 bits per heavy atom.